The Morgan fingerprint density at radius 2 is 2.31 bits per heavy atom. The third kappa shape index (κ3) is 2.47. The zero-order valence-corrected chi connectivity index (χ0v) is 9.65. The molecule has 1 saturated heterocycles. The van der Waals surface area contributed by atoms with E-state index < -0.39 is 5.97 Å². The molecule has 16 heavy (non-hydrogen) atoms. The molecule has 1 aromatic rings. The van der Waals surface area contributed by atoms with Crippen molar-refractivity contribution in [1.29, 1.82) is 0 Å². The van der Waals surface area contributed by atoms with Crippen LogP contribution in [-0.2, 0) is 4.79 Å². The highest BCUT2D eigenvalue weighted by molar-refractivity contribution is 6.30. The van der Waals surface area contributed by atoms with Crippen molar-refractivity contribution in [2.75, 3.05) is 18.0 Å². The summed E-state index contributed by atoms with van der Waals surface area (Å²) in [5.74, 6) is -0.959. The van der Waals surface area contributed by atoms with E-state index in [0.29, 0.717) is 11.6 Å². The van der Waals surface area contributed by atoms with Gasteiger partial charge < -0.3 is 10.0 Å². The molecule has 1 unspecified atom stereocenters. The summed E-state index contributed by atoms with van der Waals surface area (Å²) < 4.78 is 0. The highest BCUT2D eigenvalue weighted by Gasteiger charge is 2.25. The van der Waals surface area contributed by atoms with Gasteiger partial charge in [-0.2, -0.15) is 0 Å². The Labute approximate surface area is 99.6 Å². The molecule has 0 amide bonds. The van der Waals surface area contributed by atoms with Crippen molar-refractivity contribution in [2.45, 2.75) is 12.8 Å². The average molecular weight is 240 g/mol. The van der Waals surface area contributed by atoms with Crippen molar-refractivity contribution < 1.29 is 9.90 Å². The minimum absolute atomic E-state index is 0.257. The molecule has 1 heterocycles. The minimum Gasteiger partial charge on any atom is -0.481 e. The fraction of sp³-hybridized carbons (Fsp3) is 0.417. The number of halogens is 1. The number of carbonyl (C=O) groups is 1. The zero-order valence-electron chi connectivity index (χ0n) is 8.90. The van der Waals surface area contributed by atoms with Gasteiger partial charge in [-0.25, -0.2) is 0 Å². The second-order valence-electron chi connectivity index (χ2n) is 4.10. The van der Waals surface area contributed by atoms with Crippen LogP contribution in [0.15, 0.2) is 24.3 Å². The number of nitrogens with zero attached hydrogens (tertiary/aromatic N) is 1. The Kier molecular flexibility index (Phi) is 3.34. The van der Waals surface area contributed by atoms with Crippen molar-refractivity contribution in [1.82, 2.24) is 0 Å². The van der Waals surface area contributed by atoms with Gasteiger partial charge >= 0.3 is 5.97 Å². The first kappa shape index (κ1) is 11.3. The zero-order chi connectivity index (χ0) is 11.5. The molecule has 1 N–H and O–H groups in total. The molecule has 3 nitrogen and oxygen atoms in total. The number of anilines is 1. The lowest BCUT2D eigenvalue weighted by Crippen LogP contribution is -2.38. The van der Waals surface area contributed by atoms with Gasteiger partial charge in [-0.05, 0) is 31.0 Å². The summed E-state index contributed by atoms with van der Waals surface area (Å²) in [6.45, 7) is 1.49. The molecule has 1 aliphatic rings. The molecule has 4 heteroatoms. The first-order chi connectivity index (χ1) is 7.66. The summed E-state index contributed by atoms with van der Waals surface area (Å²) in [4.78, 5) is 13.0. The SMILES string of the molecule is O=C(O)C1CCCN(c2cccc(Cl)c2)C1. The van der Waals surface area contributed by atoms with Gasteiger partial charge in [-0.3, -0.25) is 4.79 Å². The number of carboxylic acids is 1. The fourth-order valence-electron chi connectivity index (χ4n) is 2.09. The van der Waals surface area contributed by atoms with E-state index in [-0.39, 0.29) is 5.92 Å². The number of aliphatic carboxylic acids is 1. The summed E-state index contributed by atoms with van der Waals surface area (Å²) in [6.07, 6.45) is 1.69. The van der Waals surface area contributed by atoms with Gasteiger partial charge in [0.05, 0.1) is 5.92 Å². The van der Waals surface area contributed by atoms with E-state index in [1.807, 2.05) is 24.3 Å². The van der Waals surface area contributed by atoms with E-state index in [9.17, 15) is 4.79 Å². The first-order valence-corrected chi connectivity index (χ1v) is 5.78. The lowest BCUT2D eigenvalue weighted by Gasteiger charge is -2.32. The molecular weight excluding hydrogens is 226 g/mol. The molecule has 0 radical (unpaired) electrons. The standard InChI is InChI=1S/C12H14ClNO2/c13-10-4-1-5-11(7-10)14-6-2-3-9(8-14)12(15)16/h1,4-5,7,9H,2-3,6,8H2,(H,15,16). The third-order valence-electron chi connectivity index (χ3n) is 2.94. The third-order valence-corrected chi connectivity index (χ3v) is 3.18. The summed E-state index contributed by atoms with van der Waals surface area (Å²) >= 11 is 5.92. The van der Waals surface area contributed by atoms with Gasteiger partial charge in [0.2, 0.25) is 0 Å². The molecule has 1 atom stereocenters. The van der Waals surface area contributed by atoms with Crippen LogP contribution < -0.4 is 4.90 Å². The van der Waals surface area contributed by atoms with Crippen molar-refractivity contribution >= 4 is 23.3 Å². The second-order valence-corrected chi connectivity index (χ2v) is 4.54. The average Bonchev–Trinajstić information content (AvgIpc) is 2.29. The highest BCUT2D eigenvalue weighted by Crippen LogP contribution is 2.25. The molecule has 1 fully saturated rings. The predicted molar refractivity (Wildman–Crippen MR) is 64.0 cm³/mol. The molecule has 0 spiro atoms. The number of hydrogen-bond donors (Lipinski definition) is 1. The second kappa shape index (κ2) is 4.74. The quantitative estimate of drug-likeness (QED) is 0.863. The van der Waals surface area contributed by atoms with Crippen molar-refractivity contribution in [3.05, 3.63) is 29.3 Å². The van der Waals surface area contributed by atoms with Gasteiger partial charge in [0.25, 0.3) is 0 Å². The summed E-state index contributed by atoms with van der Waals surface area (Å²) in [5, 5.41) is 9.69. The van der Waals surface area contributed by atoms with Gasteiger partial charge in [0.15, 0.2) is 0 Å². The smallest absolute Gasteiger partial charge is 0.308 e. The molecular formula is C12H14ClNO2. The summed E-state index contributed by atoms with van der Waals surface area (Å²) in [7, 11) is 0. The predicted octanol–water partition coefficient (Wildman–Crippen LogP) is 2.64. The van der Waals surface area contributed by atoms with E-state index in [2.05, 4.69) is 4.90 Å². The molecule has 1 aromatic carbocycles. The Balaban J connectivity index is 2.12. The maximum absolute atomic E-state index is 10.9. The van der Waals surface area contributed by atoms with Crippen LogP contribution >= 0.6 is 11.6 Å². The monoisotopic (exact) mass is 239 g/mol. The normalized spacial score (nSPS) is 20.8. The number of piperidine rings is 1. The Bertz CT molecular complexity index is 394. The van der Waals surface area contributed by atoms with E-state index in [1.165, 1.54) is 0 Å². The Morgan fingerprint density at radius 3 is 3.00 bits per heavy atom. The van der Waals surface area contributed by atoms with Crippen molar-refractivity contribution in [2.24, 2.45) is 5.92 Å². The van der Waals surface area contributed by atoms with E-state index in [0.717, 1.165) is 25.1 Å². The van der Waals surface area contributed by atoms with Crippen LogP contribution in [0, 0.1) is 5.92 Å². The topological polar surface area (TPSA) is 40.5 Å². The van der Waals surface area contributed by atoms with E-state index in [1.54, 1.807) is 0 Å². The van der Waals surface area contributed by atoms with Crippen LogP contribution in [0.5, 0.6) is 0 Å². The molecule has 1 aliphatic heterocycles. The summed E-state index contributed by atoms with van der Waals surface area (Å²) in [5.41, 5.74) is 1.01. The van der Waals surface area contributed by atoms with Crippen LogP contribution in [0.2, 0.25) is 5.02 Å². The Morgan fingerprint density at radius 1 is 1.50 bits per heavy atom. The fourth-order valence-corrected chi connectivity index (χ4v) is 2.27. The maximum Gasteiger partial charge on any atom is 0.308 e. The maximum atomic E-state index is 10.9. The molecule has 0 aliphatic carbocycles. The van der Waals surface area contributed by atoms with Crippen LogP contribution in [0.3, 0.4) is 0 Å². The number of benzene rings is 1. The van der Waals surface area contributed by atoms with Gasteiger partial charge in [0.1, 0.15) is 0 Å². The molecule has 0 saturated carbocycles. The lowest BCUT2D eigenvalue weighted by atomic mass is 9.98. The summed E-state index contributed by atoms with van der Waals surface area (Å²) in [6, 6.07) is 7.56. The largest absolute Gasteiger partial charge is 0.481 e. The van der Waals surface area contributed by atoms with E-state index >= 15 is 0 Å². The van der Waals surface area contributed by atoms with E-state index in [4.69, 9.17) is 16.7 Å². The van der Waals surface area contributed by atoms with Crippen LogP contribution in [0.25, 0.3) is 0 Å². The molecule has 2 rings (SSSR count). The molecule has 86 valence electrons. The highest BCUT2D eigenvalue weighted by atomic mass is 35.5. The Hall–Kier alpha value is -1.22. The number of hydrogen-bond acceptors (Lipinski definition) is 2. The van der Waals surface area contributed by atoms with Crippen molar-refractivity contribution in [3.8, 4) is 0 Å². The number of carboxylic acid groups (broad SMARTS) is 1. The number of rotatable bonds is 2. The van der Waals surface area contributed by atoms with Gasteiger partial charge in [0, 0.05) is 23.8 Å². The lowest BCUT2D eigenvalue weighted by molar-refractivity contribution is -0.141. The molecule has 0 bridgehead atoms. The molecule has 0 aromatic heterocycles. The van der Waals surface area contributed by atoms with Crippen LogP contribution in [-0.4, -0.2) is 24.2 Å². The minimum atomic E-state index is -0.702. The van der Waals surface area contributed by atoms with Crippen molar-refractivity contribution in [3.63, 3.8) is 0 Å². The van der Waals surface area contributed by atoms with Gasteiger partial charge in [-0.1, -0.05) is 17.7 Å². The van der Waals surface area contributed by atoms with Crippen LogP contribution in [0.4, 0.5) is 5.69 Å². The first-order valence-electron chi connectivity index (χ1n) is 5.40. The van der Waals surface area contributed by atoms with Gasteiger partial charge in [-0.15, -0.1) is 0 Å². The van der Waals surface area contributed by atoms with Crippen LogP contribution in [0.1, 0.15) is 12.8 Å².